The Hall–Kier alpha value is -1.85. The number of pyridine rings is 1. The number of nitrogens with zero attached hydrogens (tertiary/aromatic N) is 1. The van der Waals surface area contributed by atoms with Gasteiger partial charge in [-0.2, -0.15) is 0 Å². The van der Waals surface area contributed by atoms with Crippen molar-refractivity contribution >= 4 is 34.9 Å². The zero-order valence-corrected chi connectivity index (χ0v) is 11.7. The molecule has 0 unspecified atom stereocenters. The molecule has 7 heteroatoms. The van der Waals surface area contributed by atoms with Crippen LogP contribution < -0.4 is 11.1 Å². The fraction of sp³-hybridized carbons (Fsp3) is 0.0769. The number of nitrogen functional groups attached to an aromatic ring is 1. The quantitative estimate of drug-likeness (QED) is 0.915. The first-order valence-corrected chi connectivity index (χ1v) is 6.36. The molecule has 1 aromatic carbocycles. The van der Waals surface area contributed by atoms with E-state index in [0.717, 1.165) is 0 Å². The predicted molar refractivity (Wildman–Crippen MR) is 76.2 cm³/mol. The summed E-state index contributed by atoms with van der Waals surface area (Å²) in [6.45, 7) is 0.209. The van der Waals surface area contributed by atoms with Gasteiger partial charge in [0.15, 0.2) is 0 Å². The molecule has 0 aliphatic heterocycles. The van der Waals surface area contributed by atoms with Crippen molar-refractivity contribution in [3.8, 4) is 0 Å². The molecule has 104 valence electrons. The van der Waals surface area contributed by atoms with Crippen molar-refractivity contribution in [1.82, 2.24) is 10.3 Å². The van der Waals surface area contributed by atoms with Crippen LogP contribution in [0.4, 0.5) is 10.2 Å². The summed E-state index contributed by atoms with van der Waals surface area (Å²) < 4.78 is 13.0. The standard InChI is InChI=1S/C13H10Cl2FN3O/c14-9-3-7(1-2-11(9)16)5-19-13(20)8-4-10(15)12(17)18-6-8/h1-4,6H,5H2,(H2,17,18)(H,19,20). The molecule has 0 aliphatic carbocycles. The summed E-state index contributed by atoms with van der Waals surface area (Å²) in [5, 5.41) is 2.87. The Labute approximate surface area is 124 Å². The van der Waals surface area contributed by atoms with Crippen LogP contribution in [0.1, 0.15) is 15.9 Å². The van der Waals surface area contributed by atoms with E-state index < -0.39 is 5.82 Å². The van der Waals surface area contributed by atoms with Crippen LogP contribution >= 0.6 is 23.2 Å². The second kappa shape index (κ2) is 6.07. The molecule has 0 fully saturated rings. The largest absolute Gasteiger partial charge is 0.382 e. The Morgan fingerprint density at radius 3 is 2.70 bits per heavy atom. The molecule has 0 bridgehead atoms. The van der Waals surface area contributed by atoms with E-state index in [1.54, 1.807) is 0 Å². The lowest BCUT2D eigenvalue weighted by atomic mass is 10.2. The van der Waals surface area contributed by atoms with Gasteiger partial charge >= 0.3 is 0 Å². The Kier molecular flexibility index (Phi) is 4.42. The highest BCUT2D eigenvalue weighted by Crippen LogP contribution is 2.17. The van der Waals surface area contributed by atoms with Crippen LogP contribution in [0.15, 0.2) is 30.5 Å². The summed E-state index contributed by atoms with van der Waals surface area (Å²) in [4.78, 5) is 15.7. The van der Waals surface area contributed by atoms with Crippen LogP contribution in [-0.4, -0.2) is 10.9 Å². The maximum Gasteiger partial charge on any atom is 0.253 e. The van der Waals surface area contributed by atoms with E-state index in [2.05, 4.69) is 10.3 Å². The molecule has 1 heterocycles. The molecule has 0 radical (unpaired) electrons. The Bertz CT molecular complexity index is 664. The van der Waals surface area contributed by atoms with E-state index in [4.69, 9.17) is 28.9 Å². The van der Waals surface area contributed by atoms with Crippen LogP contribution in [0, 0.1) is 5.82 Å². The van der Waals surface area contributed by atoms with E-state index in [1.165, 1.54) is 30.5 Å². The molecule has 0 atom stereocenters. The number of carbonyl (C=O) groups is 1. The van der Waals surface area contributed by atoms with Gasteiger partial charge in [0.25, 0.3) is 5.91 Å². The lowest BCUT2D eigenvalue weighted by molar-refractivity contribution is 0.0950. The van der Waals surface area contributed by atoms with Crippen LogP contribution in [0.2, 0.25) is 10.0 Å². The number of halogens is 3. The van der Waals surface area contributed by atoms with E-state index in [0.29, 0.717) is 5.56 Å². The van der Waals surface area contributed by atoms with Gasteiger partial charge in [0, 0.05) is 12.7 Å². The van der Waals surface area contributed by atoms with Gasteiger partial charge in [0.1, 0.15) is 11.6 Å². The van der Waals surface area contributed by atoms with Crippen molar-refractivity contribution in [1.29, 1.82) is 0 Å². The summed E-state index contributed by atoms with van der Waals surface area (Å²) in [5.74, 6) is -0.704. The smallest absolute Gasteiger partial charge is 0.253 e. The number of amides is 1. The average molecular weight is 314 g/mol. The normalized spacial score (nSPS) is 10.3. The first-order chi connectivity index (χ1) is 9.47. The fourth-order valence-corrected chi connectivity index (χ4v) is 1.88. The highest BCUT2D eigenvalue weighted by atomic mass is 35.5. The van der Waals surface area contributed by atoms with Gasteiger partial charge in [-0.15, -0.1) is 0 Å². The maximum absolute atomic E-state index is 13.0. The third kappa shape index (κ3) is 3.37. The minimum Gasteiger partial charge on any atom is -0.382 e. The van der Waals surface area contributed by atoms with E-state index in [-0.39, 0.29) is 33.9 Å². The summed E-state index contributed by atoms with van der Waals surface area (Å²) in [6, 6.07) is 5.66. The Morgan fingerprint density at radius 2 is 2.05 bits per heavy atom. The SMILES string of the molecule is Nc1ncc(C(=O)NCc2ccc(F)c(Cl)c2)cc1Cl. The van der Waals surface area contributed by atoms with Gasteiger partial charge in [-0.1, -0.05) is 29.3 Å². The van der Waals surface area contributed by atoms with Gasteiger partial charge in [-0.25, -0.2) is 9.37 Å². The molecule has 0 aliphatic rings. The molecule has 0 saturated carbocycles. The predicted octanol–water partition coefficient (Wildman–Crippen LogP) is 3.04. The number of aromatic nitrogens is 1. The summed E-state index contributed by atoms with van der Waals surface area (Å²) >= 11 is 11.4. The second-order valence-electron chi connectivity index (χ2n) is 4.02. The van der Waals surface area contributed by atoms with Crippen molar-refractivity contribution in [2.24, 2.45) is 0 Å². The van der Waals surface area contributed by atoms with Crippen molar-refractivity contribution in [3.63, 3.8) is 0 Å². The van der Waals surface area contributed by atoms with Gasteiger partial charge in [-0.05, 0) is 23.8 Å². The topological polar surface area (TPSA) is 68.0 Å². The summed E-state index contributed by atoms with van der Waals surface area (Å²) in [5.41, 5.74) is 6.43. The van der Waals surface area contributed by atoms with Crippen LogP contribution in [0.5, 0.6) is 0 Å². The van der Waals surface area contributed by atoms with E-state index >= 15 is 0 Å². The minimum absolute atomic E-state index is 0.00828. The monoisotopic (exact) mass is 313 g/mol. The number of nitrogens with two attached hydrogens (primary N) is 1. The van der Waals surface area contributed by atoms with Crippen LogP contribution in [0.25, 0.3) is 0 Å². The average Bonchev–Trinajstić information content (AvgIpc) is 2.43. The van der Waals surface area contributed by atoms with E-state index in [9.17, 15) is 9.18 Å². The number of benzene rings is 1. The molecule has 0 spiro atoms. The first-order valence-electron chi connectivity index (χ1n) is 5.60. The van der Waals surface area contributed by atoms with Crippen molar-refractivity contribution in [2.75, 3.05) is 5.73 Å². The third-order valence-corrected chi connectivity index (χ3v) is 3.16. The lowest BCUT2D eigenvalue weighted by Gasteiger charge is -2.07. The second-order valence-corrected chi connectivity index (χ2v) is 4.84. The molecule has 1 amide bonds. The van der Waals surface area contributed by atoms with Gasteiger partial charge in [-0.3, -0.25) is 4.79 Å². The molecule has 4 nitrogen and oxygen atoms in total. The molecular formula is C13H10Cl2FN3O. The number of carbonyl (C=O) groups excluding carboxylic acids is 1. The molecule has 20 heavy (non-hydrogen) atoms. The Balaban J connectivity index is 2.04. The molecule has 3 N–H and O–H groups in total. The third-order valence-electron chi connectivity index (χ3n) is 2.57. The van der Waals surface area contributed by atoms with E-state index in [1.807, 2.05) is 0 Å². The zero-order chi connectivity index (χ0) is 14.7. The number of hydrogen-bond acceptors (Lipinski definition) is 3. The molecule has 2 aromatic rings. The van der Waals surface area contributed by atoms with Crippen molar-refractivity contribution < 1.29 is 9.18 Å². The van der Waals surface area contributed by atoms with Crippen LogP contribution in [0.3, 0.4) is 0 Å². The molecule has 1 aromatic heterocycles. The van der Waals surface area contributed by atoms with Crippen molar-refractivity contribution in [2.45, 2.75) is 6.54 Å². The van der Waals surface area contributed by atoms with Gasteiger partial charge in [0.05, 0.1) is 15.6 Å². The van der Waals surface area contributed by atoms with Crippen LogP contribution in [-0.2, 0) is 6.54 Å². The number of hydrogen-bond donors (Lipinski definition) is 2. The number of anilines is 1. The number of nitrogens with one attached hydrogen (secondary N) is 1. The molecular weight excluding hydrogens is 304 g/mol. The highest BCUT2D eigenvalue weighted by Gasteiger charge is 2.09. The lowest BCUT2D eigenvalue weighted by Crippen LogP contribution is -2.23. The first kappa shape index (κ1) is 14.6. The fourth-order valence-electron chi connectivity index (χ4n) is 1.51. The van der Waals surface area contributed by atoms with Gasteiger partial charge < -0.3 is 11.1 Å². The maximum atomic E-state index is 13.0. The summed E-state index contributed by atoms with van der Waals surface area (Å²) in [6.07, 6.45) is 1.33. The Morgan fingerprint density at radius 1 is 1.30 bits per heavy atom. The minimum atomic E-state index is -0.503. The highest BCUT2D eigenvalue weighted by molar-refractivity contribution is 6.33. The van der Waals surface area contributed by atoms with Crippen molar-refractivity contribution in [3.05, 3.63) is 57.5 Å². The molecule has 0 saturated heterocycles. The molecule has 2 rings (SSSR count). The zero-order valence-electron chi connectivity index (χ0n) is 10.2. The number of rotatable bonds is 3. The van der Waals surface area contributed by atoms with Gasteiger partial charge in [0.2, 0.25) is 0 Å². The summed E-state index contributed by atoms with van der Waals surface area (Å²) in [7, 11) is 0.